The Labute approximate surface area is 116 Å². The van der Waals surface area contributed by atoms with Gasteiger partial charge in [-0.15, -0.1) is 0 Å². The zero-order valence-corrected chi connectivity index (χ0v) is 11.2. The largest absolute Gasteiger partial charge is 0.400 e. The normalized spacial score (nSPS) is 27.9. The van der Waals surface area contributed by atoms with Crippen LogP contribution in [0.4, 0.5) is 13.2 Å². The van der Waals surface area contributed by atoms with Crippen LogP contribution in [0.5, 0.6) is 0 Å². The lowest BCUT2D eigenvalue weighted by Crippen LogP contribution is -2.50. The molecule has 1 saturated heterocycles. The molecule has 2 atom stereocenters. The van der Waals surface area contributed by atoms with Crippen molar-refractivity contribution in [2.75, 3.05) is 26.8 Å². The maximum Gasteiger partial charge on any atom is 0.400 e. The lowest BCUT2D eigenvalue weighted by Gasteiger charge is -2.33. The summed E-state index contributed by atoms with van der Waals surface area (Å²) in [6.45, 7) is -0.388. The van der Waals surface area contributed by atoms with Crippen molar-refractivity contribution in [3.63, 3.8) is 0 Å². The maximum atomic E-state index is 13.3. The first-order chi connectivity index (χ1) is 9.39. The molecule has 20 heavy (non-hydrogen) atoms. The molecular formula is C14H18F3NO2. The van der Waals surface area contributed by atoms with Crippen molar-refractivity contribution in [3.05, 3.63) is 35.9 Å². The molecule has 2 rings (SSSR count). The predicted octanol–water partition coefficient (Wildman–Crippen LogP) is 2.06. The number of aliphatic hydroxyl groups is 1. The van der Waals surface area contributed by atoms with Gasteiger partial charge in [-0.25, -0.2) is 0 Å². The van der Waals surface area contributed by atoms with Crippen LogP contribution in [0.25, 0.3) is 0 Å². The van der Waals surface area contributed by atoms with Crippen molar-refractivity contribution >= 4 is 0 Å². The molecular weight excluding hydrogens is 271 g/mol. The number of ether oxygens (including phenoxy) is 1. The lowest BCUT2D eigenvalue weighted by molar-refractivity contribution is -0.255. The summed E-state index contributed by atoms with van der Waals surface area (Å²) < 4.78 is 44.6. The Balaban J connectivity index is 2.14. The molecule has 1 heterocycles. The first-order valence-electron chi connectivity index (χ1n) is 6.39. The molecule has 0 bridgehead atoms. The minimum absolute atomic E-state index is 0.00222. The van der Waals surface area contributed by atoms with Crippen molar-refractivity contribution in [2.45, 2.75) is 18.8 Å². The zero-order chi connectivity index (χ0) is 14.8. The quantitative estimate of drug-likeness (QED) is 0.921. The second-order valence-corrected chi connectivity index (χ2v) is 5.26. The van der Waals surface area contributed by atoms with Gasteiger partial charge in [0.1, 0.15) is 5.41 Å². The van der Waals surface area contributed by atoms with Gasteiger partial charge in [-0.1, -0.05) is 30.3 Å². The van der Waals surface area contributed by atoms with Gasteiger partial charge in [-0.2, -0.15) is 13.2 Å². The van der Waals surface area contributed by atoms with Crippen LogP contribution < -0.4 is 0 Å². The van der Waals surface area contributed by atoms with E-state index in [4.69, 9.17) is 4.74 Å². The van der Waals surface area contributed by atoms with Crippen LogP contribution in [0, 0.1) is 5.41 Å². The molecule has 0 aliphatic carbocycles. The van der Waals surface area contributed by atoms with Gasteiger partial charge < -0.3 is 9.84 Å². The average molecular weight is 289 g/mol. The third-order valence-corrected chi connectivity index (χ3v) is 3.79. The molecule has 0 radical (unpaired) electrons. The number of aliphatic hydroxyl groups excluding tert-OH is 1. The fraction of sp³-hybridized carbons (Fsp3) is 0.571. The molecule has 0 aromatic heterocycles. The third-order valence-electron chi connectivity index (χ3n) is 3.79. The van der Waals surface area contributed by atoms with Crippen LogP contribution in [-0.2, 0) is 11.3 Å². The van der Waals surface area contributed by atoms with Crippen LogP contribution in [0.3, 0.4) is 0 Å². The molecule has 1 aliphatic rings. The van der Waals surface area contributed by atoms with E-state index >= 15 is 0 Å². The Kier molecular flexibility index (Phi) is 4.36. The van der Waals surface area contributed by atoms with E-state index in [0.29, 0.717) is 6.54 Å². The molecule has 0 spiro atoms. The van der Waals surface area contributed by atoms with Gasteiger partial charge in [0.2, 0.25) is 0 Å². The topological polar surface area (TPSA) is 32.7 Å². The Morgan fingerprint density at radius 2 is 2.00 bits per heavy atom. The standard InChI is InChI=1S/C14H18F3NO2/c1-20-10-13(14(15,16)17)9-18(8-12(13)19)7-11-5-3-2-4-6-11/h2-6,12,19H,7-10H2,1H3. The van der Waals surface area contributed by atoms with E-state index in [2.05, 4.69) is 0 Å². The van der Waals surface area contributed by atoms with Crippen LogP contribution in [0.15, 0.2) is 30.3 Å². The number of likely N-dealkylation sites (tertiary alicyclic amines) is 1. The first kappa shape index (κ1) is 15.3. The summed E-state index contributed by atoms with van der Waals surface area (Å²) in [6, 6.07) is 9.25. The van der Waals surface area contributed by atoms with E-state index in [-0.39, 0.29) is 13.1 Å². The highest BCUT2D eigenvalue weighted by molar-refractivity contribution is 5.15. The molecule has 1 aromatic carbocycles. The van der Waals surface area contributed by atoms with E-state index < -0.39 is 24.3 Å². The number of benzene rings is 1. The van der Waals surface area contributed by atoms with Crippen LogP contribution >= 0.6 is 0 Å². The molecule has 112 valence electrons. The number of methoxy groups -OCH3 is 1. The summed E-state index contributed by atoms with van der Waals surface area (Å²) in [6.07, 6.45) is -5.96. The molecule has 1 fully saturated rings. The van der Waals surface area contributed by atoms with Gasteiger partial charge in [-0.3, -0.25) is 4.90 Å². The lowest BCUT2D eigenvalue weighted by atomic mass is 9.85. The minimum atomic E-state index is -4.49. The number of nitrogens with zero attached hydrogens (tertiary/aromatic N) is 1. The number of hydrogen-bond donors (Lipinski definition) is 1. The van der Waals surface area contributed by atoms with E-state index in [1.54, 1.807) is 4.90 Å². The summed E-state index contributed by atoms with van der Waals surface area (Å²) in [5.74, 6) is 0. The van der Waals surface area contributed by atoms with Gasteiger partial charge in [0.05, 0.1) is 12.7 Å². The molecule has 6 heteroatoms. The maximum absolute atomic E-state index is 13.3. The van der Waals surface area contributed by atoms with Crippen molar-refractivity contribution < 1.29 is 23.0 Å². The number of halogens is 3. The molecule has 3 nitrogen and oxygen atoms in total. The summed E-state index contributed by atoms with van der Waals surface area (Å²) in [7, 11) is 1.22. The molecule has 0 amide bonds. The van der Waals surface area contributed by atoms with E-state index in [9.17, 15) is 18.3 Å². The smallest absolute Gasteiger partial charge is 0.391 e. The average Bonchev–Trinajstić information content (AvgIpc) is 2.68. The summed E-state index contributed by atoms with van der Waals surface area (Å²) in [4.78, 5) is 1.62. The van der Waals surface area contributed by atoms with E-state index in [0.717, 1.165) is 5.56 Å². The Bertz CT molecular complexity index is 438. The third kappa shape index (κ3) is 2.82. The Morgan fingerprint density at radius 1 is 1.35 bits per heavy atom. The molecule has 1 N–H and O–H groups in total. The number of hydrogen-bond acceptors (Lipinski definition) is 3. The first-order valence-corrected chi connectivity index (χ1v) is 6.39. The van der Waals surface area contributed by atoms with Crippen LogP contribution in [-0.4, -0.2) is 49.1 Å². The number of alkyl halides is 3. The highest BCUT2D eigenvalue weighted by Gasteiger charge is 2.63. The predicted molar refractivity (Wildman–Crippen MR) is 68.1 cm³/mol. The van der Waals surface area contributed by atoms with Gasteiger partial charge in [-0.05, 0) is 5.56 Å². The summed E-state index contributed by atoms with van der Waals surface area (Å²) in [5, 5.41) is 9.91. The fourth-order valence-corrected chi connectivity index (χ4v) is 2.71. The molecule has 1 aromatic rings. The fourth-order valence-electron chi connectivity index (χ4n) is 2.71. The van der Waals surface area contributed by atoms with Crippen molar-refractivity contribution in [1.29, 1.82) is 0 Å². The monoisotopic (exact) mass is 289 g/mol. The molecule has 2 unspecified atom stereocenters. The highest BCUT2D eigenvalue weighted by atomic mass is 19.4. The van der Waals surface area contributed by atoms with Crippen LogP contribution in [0.1, 0.15) is 5.56 Å². The van der Waals surface area contributed by atoms with Gasteiger partial charge in [0.15, 0.2) is 0 Å². The van der Waals surface area contributed by atoms with Gasteiger partial charge >= 0.3 is 6.18 Å². The van der Waals surface area contributed by atoms with Gasteiger partial charge in [0.25, 0.3) is 0 Å². The summed E-state index contributed by atoms with van der Waals surface area (Å²) >= 11 is 0. The minimum Gasteiger partial charge on any atom is -0.391 e. The van der Waals surface area contributed by atoms with E-state index in [1.165, 1.54) is 7.11 Å². The second kappa shape index (κ2) is 5.71. The highest BCUT2D eigenvalue weighted by Crippen LogP contribution is 2.46. The van der Waals surface area contributed by atoms with Crippen molar-refractivity contribution in [3.8, 4) is 0 Å². The Hall–Kier alpha value is -1.11. The number of rotatable bonds is 4. The molecule has 0 saturated carbocycles. The second-order valence-electron chi connectivity index (χ2n) is 5.26. The van der Waals surface area contributed by atoms with Crippen molar-refractivity contribution in [2.24, 2.45) is 5.41 Å². The van der Waals surface area contributed by atoms with Gasteiger partial charge in [0, 0.05) is 26.7 Å². The van der Waals surface area contributed by atoms with Crippen molar-refractivity contribution in [1.82, 2.24) is 4.90 Å². The SMILES string of the molecule is COCC1(C(F)(F)F)CN(Cc2ccccc2)CC1O. The number of β-amino-alcohol motifs (C(OH)–C–C–N with tert-alkyl or cyclic N) is 1. The molecule has 1 aliphatic heterocycles. The zero-order valence-electron chi connectivity index (χ0n) is 11.2. The summed E-state index contributed by atoms with van der Waals surface area (Å²) in [5.41, 5.74) is -1.27. The van der Waals surface area contributed by atoms with E-state index in [1.807, 2.05) is 30.3 Å². The van der Waals surface area contributed by atoms with Crippen LogP contribution in [0.2, 0.25) is 0 Å². The Morgan fingerprint density at radius 3 is 2.55 bits per heavy atom.